The molecule has 0 heterocycles. The number of halogens is 1. The molecule has 174 valence electrons. The Balaban J connectivity index is 1.70. The van der Waals surface area contributed by atoms with E-state index in [0.29, 0.717) is 40.1 Å². The van der Waals surface area contributed by atoms with Crippen molar-refractivity contribution in [3.8, 4) is 23.3 Å². The van der Waals surface area contributed by atoms with Crippen molar-refractivity contribution in [3.05, 3.63) is 87.4 Å². The molecule has 0 bridgehead atoms. The molecular formula is C27H25ClN2O4. The minimum Gasteiger partial charge on any atom is -0.495 e. The number of nitrogens with zero attached hydrogens (tertiary/aromatic N) is 1. The smallest absolute Gasteiger partial charge is 0.266 e. The van der Waals surface area contributed by atoms with E-state index in [1.165, 1.54) is 43.6 Å². The molecule has 0 saturated heterocycles. The predicted molar refractivity (Wildman–Crippen MR) is 133 cm³/mol. The molecule has 0 spiro atoms. The fraction of sp³-hybridized carbons (Fsp3) is 0.185. The van der Waals surface area contributed by atoms with Crippen molar-refractivity contribution in [1.82, 2.24) is 0 Å². The van der Waals surface area contributed by atoms with Gasteiger partial charge in [-0.15, -0.1) is 0 Å². The fourth-order valence-electron chi connectivity index (χ4n) is 3.18. The summed E-state index contributed by atoms with van der Waals surface area (Å²) >= 11 is 6.11. The van der Waals surface area contributed by atoms with Crippen LogP contribution in [0.2, 0.25) is 5.02 Å². The molecule has 3 aromatic rings. The van der Waals surface area contributed by atoms with E-state index in [2.05, 4.69) is 31.3 Å². The van der Waals surface area contributed by atoms with E-state index in [4.69, 9.17) is 25.8 Å². The Kier molecular flexibility index (Phi) is 8.18. The Bertz CT molecular complexity index is 1260. The molecule has 0 aliphatic rings. The van der Waals surface area contributed by atoms with Crippen LogP contribution in [0.1, 0.15) is 22.3 Å². The summed E-state index contributed by atoms with van der Waals surface area (Å²) in [6.45, 7) is 4.60. The monoisotopic (exact) mass is 476 g/mol. The Morgan fingerprint density at radius 1 is 1.00 bits per heavy atom. The van der Waals surface area contributed by atoms with Crippen LogP contribution in [-0.2, 0) is 11.4 Å². The lowest BCUT2D eigenvalue weighted by Gasteiger charge is -2.13. The molecule has 7 heteroatoms. The molecule has 0 unspecified atom stereocenters. The Morgan fingerprint density at radius 3 is 2.32 bits per heavy atom. The third-order valence-electron chi connectivity index (χ3n) is 5.26. The summed E-state index contributed by atoms with van der Waals surface area (Å²) in [5, 5.41) is 12.5. The lowest BCUT2D eigenvalue weighted by Crippen LogP contribution is -2.14. The van der Waals surface area contributed by atoms with Crippen molar-refractivity contribution >= 4 is 29.3 Å². The van der Waals surface area contributed by atoms with E-state index in [-0.39, 0.29) is 5.57 Å². The van der Waals surface area contributed by atoms with Gasteiger partial charge in [-0.1, -0.05) is 41.9 Å². The van der Waals surface area contributed by atoms with Gasteiger partial charge in [0.15, 0.2) is 0 Å². The van der Waals surface area contributed by atoms with Crippen LogP contribution < -0.4 is 19.5 Å². The number of amides is 1. The van der Waals surface area contributed by atoms with E-state index < -0.39 is 5.91 Å². The van der Waals surface area contributed by atoms with Gasteiger partial charge in [0.2, 0.25) is 0 Å². The number of rotatable bonds is 8. The van der Waals surface area contributed by atoms with Crippen LogP contribution >= 0.6 is 11.6 Å². The summed E-state index contributed by atoms with van der Waals surface area (Å²) in [7, 11) is 2.92. The second-order valence-corrected chi connectivity index (χ2v) is 7.99. The number of ether oxygens (including phenoxy) is 3. The van der Waals surface area contributed by atoms with Crippen LogP contribution in [-0.4, -0.2) is 20.1 Å². The summed E-state index contributed by atoms with van der Waals surface area (Å²) < 4.78 is 16.3. The number of hydrogen-bond donors (Lipinski definition) is 1. The number of nitrogens with one attached hydrogen (secondary N) is 1. The summed E-state index contributed by atoms with van der Waals surface area (Å²) in [5.74, 6) is 0.829. The molecule has 3 aromatic carbocycles. The van der Waals surface area contributed by atoms with Crippen molar-refractivity contribution in [2.45, 2.75) is 20.5 Å². The maximum atomic E-state index is 12.7. The lowest BCUT2D eigenvalue weighted by atomic mass is 10.1. The van der Waals surface area contributed by atoms with Crippen LogP contribution in [0.4, 0.5) is 5.69 Å². The van der Waals surface area contributed by atoms with E-state index >= 15 is 0 Å². The fourth-order valence-corrected chi connectivity index (χ4v) is 3.41. The average Bonchev–Trinajstić information content (AvgIpc) is 2.84. The Labute approximate surface area is 204 Å². The van der Waals surface area contributed by atoms with Crippen molar-refractivity contribution in [3.63, 3.8) is 0 Å². The molecule has 6 nitrogen and oxygen atoms in total. The van der Waals surface area contributed by atoms with Gasteiger partial charge in [0.05, 0.1) is 24.9 Å². The molecular weight excluding hydrogens is 452 g/mol. The normalized spacial score (nSPS) is 10.9. The number of benzene rings is 3. The van der Waals surface area contributed by atoms with E-state index in [1.807, 2.05) is 12.1 Å². The molecule has 3 rings (SSSR count). The van der Waals surface area contributed by atoms with Crippen molar-refractivity contribution in [2.75, 3.05) is 19.5 Å². The largest absolute Gasteiger partial charge is 0.495 e. The highest BCUT2D eigenvalue weighted by Crippen LogP contribution is 2.36. The highest BCUT2D eigenvalue weighted by Gasteiger charge is 2.15. The van der Waals surface area contributed by atoms with Crippen LogP contribution in [0, 0.1) is 25.2 Å². The molecule has 0 radical (unpaired) electrons. The number of aryl methyl sites for hydroxylation is 2. The number of carbonyl (C=O) groups is 1. The molecule has 0 atom stereocenters. The molecule has 34 heavy (non-hydrogen) atoms. The van der Waals surface area contributed by atoms with E-state index in [0.717, 1.165) is 5.56 Å². The lowest BCUT2D eigenvalue weighted by molar-refractivity contribution is -0.112. The van der Waals surface area contributed by atoms with Gasteiger partial charge in [-0.3, -0.25) is 4.79 Å². The summed E-state index contributed by atoms with van der Waals surface area (Å²) in [6.07, 6.45) is 1.50. The minimum absolute atomic E-state index is 0.0697. The van der Waals surface area contributed by atoms with Gasteiger partial charge in [0, 0.05) is 12.1 Å². The highest BCUT2D eigenvalue weighted by molar-refractivity contribution is 6.32. The zero-order valence-corrected chi connectivity index (χ0v) is 20.2. The number of methoxy groups -OCH3 is 2. The van der Waals surface area contributed by atoms with Gasteiger partial charge >= 0.3 is 0 Å². The van der Waals surface area contributed by atoms with Crippen LogP contribution in [0.5, 0.6) is 17.2 Å². The molecule has 0 saturated carbocycles. The zero-order chi connectivity index (χ0) is 24.7. The van der Waals surface area contributed by atoms with Gasteiger partial charge in [-0.25, -0.2) is 0 Å². The maximum absolute atomic E-state index is 12.7. The number of carbonyl (C=O) groups excluding carboxylic acids is 1. The maximum Gasteiger partial charge on any atom is 0.266 e. The predicted octanol–water partition coefficient (Wildman–Crippen LogP) is 6.10. The van der Waals surface area contributed by atoms with Crippen molar-refractivity contribution in [2.24, 2.45) is 0 Å². The topological polar surface area (TPSA) is 80.6 Å². The molecule has 0 aromatic heterocycles. The molecule has 1 N–H and O–H groups in total. The number of hydrogen-bond acceptors (Lipinski definition) is 5. The molecule has 0 fully saturated rings. The number of anilines is 1. The van der Waals surface area contributed by atoms with Crippen LogP contribution in [0.25, 0.3) is 6.08 Å². The summed E-state index contributed by atoms with van der Waals surface area (Å²) in [6, 6.07) is 18.4. The first-order chi connectivity index (χ1) is 16.3. The second kappa shape index (κ2) is 11.3. The van der Waals surface area contributed by atoms with Gasteiger partial charge < -0.3 is 19.5 Å². The summed E-state index contributed by atoms with van der Waals surface area (Å²) in [5.41, 5.74) is 4.50. The Morgan fingerprint density at radius 2 is 1.71 bits per heavy atom. The van der Waals surface area contributed by atoms with E-state index in [1.54, 1.807) is 24.3 Å². The van der Waals surface area contributed by atoms with Gasteiger partial charge in [0.25, 0.3) is 5.91 Å². The zero-order valence-electron chi connectivity index (χ0n) is 19.4. The average molecular weight is 477 g/mol. The third kappa shape index (κ3) is 6.09. The highest BCUT2D eigenvalue weighted by atomic mass is 35.5. The quantitative estimate of drug-likeness (QED) is 0.314. The van der Waals surface area contributed by atoms with Crippen LogP contribution in [0.3, 0.4) is 0 Å². The standard InChI is InChI=1S/C27H25ClN2O4/c1-17-5-6-20(11-18(17)2)16-34-22-9-7-19(8-10-22)12-21(15-29)27(31)30-24-14-25(32-3)23(28)13-26(24)33-4/h5-14H,16H2,1-4H3,(H,30,31)/b21-12+. The first-order valence-electron chi connectivity index (χ1n) is 10.5. The van der Waals surface area contributed by atoms with Crippen molar-refractivity contribution in [1.29, 1.82) is 5.26 Å². The van der Waals surface area contributed by atoms with Crippen LogP contribution in [0.15, 0.2) is 60.2 Å². The van der Waals surface area contributed by atoms with Gasteiger partial charge in [-0.2, -0.15) is 5.26 Å². The second-order valence-electron chi connectivity index (χ2n) is 7.59. The molecule has 1 amide bonds. The van der Waals surface area contributed by atoms with Gasteiger partial charge in [-0.05, 0) is 54.3 Å². The minimum atomic E-state index is -0.583. The first-order valence-corrected chi connectivity index (χ1v) is 10.9. The summed E-state index contributed by atoms with van der Waals surface area (Å²) in [4.78, 5) is 12.7. The SMILES string of the molecule is COc1cc(NC(=O)/C(C#N)=C/c2ccc(OCc3ccc(C)c(C)c3)cc2)c(OC)cc1Cl. The third-order valence-corrected chi connectivity index (χ3v) is 5.55. The number of nitriles is 1. The molecule has 0 aliphatic carbocycles. The van der Waals surface area contributed by atoms with Crippen molar-refractivity contribution < 1.29 is 19.0 Å². The van der Waals surface area contributed by atoms with E-state index in [9.17, 15) is 10.1 Å². The first kappa shape index (κ1) is 24.7. The molecule has 0 aliphatic heterocycles. The Hall–Kier alpha value is -3.95. The van der Waals surface area contributed by atoms with Gasteiger partial charge in [0.1, 0.15) is 35.5 Å².